The molecule has 0 aliphatic carbocycles. The van der Waals surface area contributed by atoms with Gasteiger partial charge in [0.25, 0.3) is 0 Å². The number of pyridine rings is 5. The molecule has 0 amide bonds. The molecule has 0 fully saturated rings. The number of aromatic nitrogens is 5. The molecule has 0 saturated heterocycles. The Bertz CT molecular complexity index is 4480. The highest BCUT2D eigenvalue weighted by Crippen LogP contribution is 2.28. The summed E-state index contributed by atoms with van der Waals surface area (Å²) in [5.74, 6) is 0. The van der Waals surface area contributed by atoms with Gasteiger partial charge in [-0.05, 0) is 203 Å². The van der Waals surface area contributed by atoms with Crippen LogP contribution in [-0.2, 0) is 35.2 Å². The van der Waals surface area contributed by atoms with E-state index in [9.17, 15) is 0 Å². The van der Waals surface area contributed by atoms with Crippen molar-refractivity contribution in [3.63, 3.8) is 0 Å². The fraction of sp³-hybridized carbons (Fsp3) is 0.312. The number of hydrogen-bond donors (Lipinski definition) is 0. The van der Waals surface area contributed by atoms with Crippen molar-refractivity contribution in [2.45, 2.75) is 138 Å². The Labute approximate surface area is 530 Å². The fourth-order valence-electron chi connectivity index (χ4n) is 10.5. The van der Waals surface area contributed by atoms with Crippen LogP contribution in [0.3, 0.4) is 0 Å². The first-order valence-corrected chi connectivity index (χ1v) is 29.2. The second kappa shape index (κ2) is 28.6. The van der Waals surface area contributed by atoms with E-state index >= 15 is 0 Å². The summed E-state index contributed by atoms with van der Waals surface area (Å²) < 4.78 is 101. The zero-order valence-electron chi connectivity index (χ0n) is 66.7. The Hall–Kier alpha value is -8.15. The van der Waals surface area contributed by atoms with Crippen molar-refractivity contribution in [3.05, 3.63) is 264 Å². The van der Waals surface area contributed by atoms with Gasteiger partial charge in [-0.1, -0.05) is 77.4 Å². The topological polar surface area (TPSA) is 19.4 Å². The SMILES string of the molecule is Cc1ccc(-c2ccc(C)c(C)[n+]2C)c(C)c1.Cc1ccc(C)c(-c2ccc(C)c(C)[n+]2C)c1.Cc1cccc(-c2ccc(C)c(C)[n+]2C)c1C.[2H]C([2H])([2H])c1ccc(-c2ccc(C([2H])([2H])[2H])c(C)[n+]2C)c(C)c1.[2H]C([2H])([2H])c1ccc(-c2cccc(C)c2C)[n+](C)c1C([2H])([2H])[2H]. The van der Waals surface area contributed by atoms with Gasteiger partial charge in [-0.25, -0.2) is 0 Å². The molecule has 0 aliphatic heterocycles. The molecular formula is C80H100N5+5. The van der Waals surface area contributed by atoms with E-state index in [0.29, 0.717) is 22.5 Å². The first-order chi connectivity index (χ1) is 44.9. The van der Waals surface area contributed by atoms with Crippen molar-refractivity contribution in [1.82, 2.24) is 0 Å². The third kappa shape index (κ3) is 15.4. The van der Waals surface area contributed by atoms with Gasteiger partial charge in [0.15, 0.2) is 28.5 Å². The zero-order chi connectivity index (χ0) is 72.9. The third-order valence-corrected chi connectivity index (χ3v) is 17.4. The molecule has 0 bridgehead atoms. The minimum atomic E-state index is -2.51. The Morgan fingerprint density at radius 2 is 0.541 bits per heavy atom. The minimum absolute atomic E-state index is 0.131. The molecule has 0 saturated carbocycles. The van der Waals surface area contributed by atoms with Gasteiger partial charge < -0.3 is 0 Å². The van der Waals surface area contributed by atoms with Crippen molar-refractivity contribution in [2.24, 2.45) is 35.2 Å². The van der Waals surface area contributed by atoms with E-state index in [1.54, 1.807) is 50.4 Å². The average molecular weight is 1140 g/mol. The molecular weight excluding hydrogens is 1030 g/mol. The maximum absolute atomic E-state index is 7.75. The molecule has 0 radical (unpaired) electrons. The van der Waals surface area contributed by atoms with Crippen LogP contribution in [0.5, 0.6) is 0 Å². The molecule has 0 N–H and O–H groups in total. The minimum Gasteiger partial charge on any atom is -0.198 e. The van der Waals surface area contributed by atoms with Gasteiger partial charge >= 0.3 is 0 Å². The quantitative estimate of drug-likeness (QED) is 0.153. The lowest BCUT2D eigenvalue weighted by molar-refractivity contribution is -0.667. The lowest BCUT2D eigenvalue weighted by Gasteiger charge is -2.09. The lowest BCUT2D eigenvalue weighted by atomic mass is 9.99. The monoisotopic (exact) mass is 1140 g/mol. The summed E-state index contributed by atoms with van der Waals surface area (Å²) in [6, 6.07) is 50.3. The number of hydrogen-bond acceptors (Lipinski definition) is 0. The summed E-state index contributed by atoms with van der Waals surface area (Å²) in [5.41, 5.74) is 31.1. The van der Waals surface area contributed by atoms with Crippen molar-refractivity contribution < 1.29 is 39.3 Å². The van der Waals surface area contributed by atoms with E-state index in [4.69, 9.17) is 16.4 Å². The van der Waals surface area contributed by atoms with Crippen molar-refractivity contribution in [3.8, 4) is 56.3 Å². The Kier molecular flexibility index (Phi) is 16.9. The Morgan fingerprint density at radius 3 is 0.941 bits per heavy atom. The van der Waals surface area contributed by atoms with Crippen LogP contribution in [-0.4, -0.2) is 0 Å². The normalized spacial score (nSPS) is 13.3. The summed E-state index contributed by atoms with van der Waals surface area (Å²) in [7, 11) is 9.83. The van der Waals surface area contributed by atoms with Gasteiger partial charge in [-0.3, -0.25) is 0 Å². The Morgan fingerprint density at radius 1 is 0.224 bits per heavy atom. The van der Waals surface area contributed by atoms with Crippen molar-refractivity contribution >= 4 is 0 Å². The van der Waals surface area contributed by atoms with Crippen LogP contribution in [0, 0.1) is 138 Å². The smallest absolute Gasteiger partial charge is 0.198 e. The highest BCUT2D eigenvalue weighted by Gasteiger charge is 2.21. The van der Waals surface area contributed by atoms with Crippen LogP contribution < -0.4 is 22.8 Å². The maximum Gasteiger partial charge on any atom is 0.212 e. The molecule has 0 unspecified atom stereocenters. The first kappa shape index (κ1) is 50.2. The second-order valence-electron chi connectivity index (χ2n) is 23.1. The summed E-state index contributed by atoms with van der Waals surface area (Å²) in [4.78, 5) is 0. The van der Waals surface area contributed by atoms with E-state index < -0.39 is 27.4 Å². The summed E-state index contributed by atoms with van der Waals surface area (Å²) >= 11 is 0. The van der Waals surface area contributed by atoms with E-state index in [1.807, 2.05) is 50.6 Å². The molecule has 0 spiro atoms. The van der Waals surface area contributed by atoms with Crippen LogP contribution in [0.1, 0.15) is 128 Å². The van der Waals surface area contributed by atoms with Crippen molar-refractivity contribution in [1.29, 1.82) is 0 Å². The zero-order valence-corrected chi connectivity index (χ0v) is 54.7. The van der Waals surface area contributed by atoms with E-state index in [1.165, 1.54) is 112 Å². The van der Waals surface area contributed by atoms with E-state index in [-0.39, 0.29) is 11.3 Å². The highest BCUT2D eigenvalue weighted by atomic mass is 15.0. The maximum atomic E-state index is 7.75. The summed E-state index contributed by atoms with van der Waals surface area (Å²) in [6.45, 7) is 24.3. The standard InChI is InChI=1S/5C16H20N/c2*1-11-6-8-15(13(3)10-11)16-9-7-12(2)14(4)17(16)5;1-11-6-7-13(3)15(10-11)16-9-8-12(2)14(4)17(16)5;2*1-11-7-6-8-15(13(11)3)16-10-9-12(2)14(4)17(16)5/h5*6-10H,1-5H3/q5*+1/i1D3,2D3;;;2D3,4D3;. The second-order valence-corrected chi connectivity index (χ2v) is 23.1. The van der Waals surface area contributed by atoms with Gasteiger partial charge in [0.05, 0.1) is 0 Å². The molecule has 5 heteroatoms. The number of nitrogens with zero attached hydrogens (tertiary/aromatic N) is 5. The molecule has 5 heterocycles. The predicted molar refractivity (Wildman–Crippen MR) is 360 cm³/mol. The van der Waals surface area contributed by atoms with Gasteiger partial charge in [-0.15, -0.1) is 0 Å². The average Bonchev–Trinajstić information content (AvgIpc) is 0.786. The van der Waals surface area contributed by atoms with Crippen LogP contribution in [0.4, 0.5) is 0 Å². The molecule has 85 heavy (non-hydrogen) atoms. The first-order valence-electron chi connectivity index (χ1n) is 35.2. The molecule has 440 valence electrons. The molecule has 10 aromatic rings. The molecule has 5 aromatic heterocycles. The molecule has 0 aliphatic rings. The van der Waals surface area contributed by atoms with Crippen molar-refractivity contribution in [2.75, 3.05) is 0 Å². The fourth-order valence-corrected chi connectivity index (χ4v) is 10.5. The largest absolute Gasteiger partial charge is 0.212 e. The molecule has 0 atom stereocenters. The molecule has 10 rings (SSSR count). The van der Waals surface area contributed by atoms with Gasteiger partial charge in [0.2, 0.25) is 28.5 Å². The van der Waals surface area contributed by atoms with Crippen LogP contribution in [0.15, 0.2) is 152 Å². The van der Waals surface area contributed by atoms with Crippen LogP contribution in [0.2, 0.25) is 0 Å². The van der Waals surface area contributed by atoms with E-state index in [0.717, 1.165) is 33.5 Å². The summed E-state index contributed by atoms with van der Waals surface area (Å²) in [6.07, 6.45) is 0. The number of benzene rings is 5. The third-order valence-electron chi connectivity index (χ3n) is 17.4. The number of aryl methyl sites for hydroxylation is 13. The molecule has 5 aromatic carbocycles. The van der Waals surface area contributed by atoms with Gasteiger partial charge in [-0.2, -0.15) is 22.8 Å². The number of rotatable bonds is 5. The Balaban J connectivity index is 0.000000193. The van der Waals surface area contributed by atoms with Gasteiger partial charge in [0, 0.05) is 137 Å². The van der Waals surface area contributed by atoms with E-state index in [2.05, 4.69) is 209 Å². The summed E-state index contributed by atoms with van der Waals surface area (Å²) in [5, 5.41) is 0. The molecule has 5 nitrogen and oxygen atoms in total. The predicted octanol–water partition coefficient (Wildman–Crippen LogP) is 17.1. The lowest BCUT2D eigenvalue weighted by Crippen LogP contribution is -2.35. The van der Waals surface area contributed by atoms with Crippen LogP contribution >= 0.6 is 0 Å². The highest BCUT2D eigenvalue weighted by molar-refractivity contribution is 5.66. The van der Waals surface area contributed by atoms with Gasteiger partial charge in [0.1, 0.15) is 35.2 Å². The van der Waals surface area contributed by atoms with Crippen LogP contribution in [0.25, 0.3) is 56.3 Å².